The molecule has 4 nitrogen and oxygen atoms in total. The molecule has 0 atom stereocenters. The Bertz CT molecular complexity index is 1830. The fourth-order valence-electron chi connectivity index (χ4n) is 5.36. The van der Waals surface area contributed by atoms with Crippen LogP contribution in [-0.4, -0.2) is 29.0 Å². The molecule has 7 aromatic rings. The summed E-state index contributed by atoms with van der Waals surface area (Å²) >= 11 is 4.34. The zero-order valence-corrected chi connectivity index (χ0v) is 54.2. The molecule has 0 unspecified atom stereocenters. The summed E-state index contributed by atoms with van der Waals surface area (Å²) in [6, 6.07) is 17.7. The first kappa shape index (κ1) is 76.7. The van der Waals surface area contributed by atoms with Crippen LogP contribution in [0.4, 0.5) is 0 Å². The number of aromatic nitrogens is 3. The van der Waals surface area contributed by atoms with Crippen molar-refractivity contribution in [1.29, 1.82) is 0 Å². The largest absolute Gasteiger partial charge is 0.466 e. The predicted molar refractivity (Wildman–Crippen MR) is 323 cm³/mol. The van der Waals surface area contributed by atoms with Gasteiger partial charge in [-0.1, -0.05) is 126 Å². The molecular formula is C62H107N3OS2Se. The zero-order valence-electron chi connectivity index (χ0n) is 50.8. The Balaban J connectivity index is -0.000000162. The first-order chi connectivity index (χ1) is 32.6. The van der Waals surface area contributed by atoms with Crippen LogP contribution in [0, 0.1) is 132 Å². The molecule has 0 N–H and O–H groups in total. The fraction of sp³-hybridized carbons (Fsp3) is 0.516. The number of rotatable bonds is 0. The van der Waals surface area contributed by atoms with E-state index in [1.807, 2.05) is 177 Å². The third-order valence-electron chi connectivity index (χ3n) is 10.8. The topological polar surface area (TPSA) is 43.9 Å². The summed E-state index contributed by atoms with van der Waals surface area (Å²) in [4.78, 5) is 12.3. The van der Waals surface area contributed by atoms with Crippen LogP contribution >= 0.6 is 22.7 Å². The van der Waals surface area contributed by atoms with Gasteiger partial charge < -0.3 is 8.98 Å². The van der Waals surface area contributed by atoms with Gasteiger partial charge in [0.2, 0.25) is 0 Å². The molecule has 0 amide bonds. The number of aryl methyl sites for hydroxylation is 9. The van der Waals surface area contributed by atoms with Crippen LogP contribution in [0.15, 0.2) is 71.4 Å². The van der Waals surface area contributed by atoms with Gasteiger partial charge >= 0.3 is 62.2 Å². The van der Waals surface area contributed by atoms with E-state index in [4.69, 9.17) is 4.42 Å². The summed E-state index contributed by atoms with van der Waals surface area (Å²) in [5, 5.41) is 1.17. The predicted octanol–water partition coefficient (Wildman–Crippen LogP) is 20.7. The Morgan fingerprint density at radius 1 is 0.377 bits per heavy atom. The molecule has 0 aliphatic rings. The summed E-state index contributed by atoms with van der Waals surface area (Å²) in [7, 11) is 2.12. The van der Waals surface area contributed by atoms with Crippen LogP contribution in [0.1, 0.15) is 185 Å². The average molecular weight is 1050 g/mol. The molecule has 0 saturated carbocycles. The minimum Gasteiger partial charge on any atom is -0.466 e. The Morgan fingerprint density at radius 2 is 0.681 bits per heavy atom. The van der Waals surface area contributed by atoms with Gasteiger partial charge in [0.25, 0.3) is 0 Å². The maximum absolute atomic E-state index is 5.34. The number of pyridine rings is 1. The summed E-state index contributed by atoms with van der Waals surface area (Å²) in [5.74, 6) is 2.09. The molecule has 69 heavy (non-hydrogen) atoms. The number of hydrogen-bond acceptors (Lipinski definition) is 5. The molecule has 7 heteroatoms. The number of hydrogen-bond donors (Lipinski definition) is 0. The molecule has 6 aromatic heterocycles. The van der Waals surface area contributed by atoms with Crippen molar-refractivity contribution in [1.82, 2.24) is 14.5 Å². The van der Waals surface area contributed by atoms with Crippen LogP contribution in [0.3, 0.4) is 0 Å². The van der Waals surface area contributed by atoms with Crippen molar-refractivity contribution in [3.8, 4) is 0 Å². The van der Waals surface area contributed by atoms with Gasteiger partial charge in [0.05, 0.1) is 10.7 Å². The second-order valence-electron chi connectivity index (χ2n) is 14.4. The molecule has 0 aliphatic carbocycles. The van der Waals surface area contributed by atoms with E-state index >= 15 is 0 Å². The van der Waals surface area contributed by atoms with Gasteiger partial charge in [-0.3, -0.25) is 4.98 Å². The molecule has 394 valence electrons. The van der Waals surface area contributed by atoms with Crippen molar-refractivity contribution in [2.45, 2.75) is 215 Å². The first-order valence-corrected chi connectivity index (χ1v) is 28.9. The second-order valence-corrected chi connectivity index (χ2v) is 20.3. The third kappa shape index (κ3) is 32.0. The van der Waals surface area contributed by atoms with E-state index in [1.54, 1.807) is 32.6 Å². The van der Waals surface area contributed by atoms with Crippen molar-refractivity contribution in [2.75, 3.05) is 0 Å². The van der Waals surface area contributed by atoms with E-state index in [0.717, 1.165) is 11.5 Å². The Kier molecular flexibility index (Phi) is 53.3. The summed E-state index contributed by atoms with van der Waals surface area (Å²) in [5.41, 5.74) is 15.4. The van der Waals surface area contributed by atoms with E-state index in [2.05, 4.69) is 125 Å². The van der Waals surface area contributed by atoms with Crippen molar-refractivity contribution in [2.24, 2.45) is 7.05 Å². The van der Waals surface area contributed by atoms with Crippen LogP contribution in [0.2, 0.25) is 0 Å². The molecule has 0 saturated heterocycles. The molecule has 0 bridgehead atoms. The summed E-state index contributed by atoms with van der Waals surface area (Å²) < 4.78 is 10.8. The number of furan rings is 1. The quantitative estimate of drug-likeness (QED) is 0.142. The van der Waals surface area contributed by atoms with Crippen LogP contribution < -0.4 is 0 Å². The minimum atomic E-state index is 0.689. The monoisotopic (exact) mass is 1050 g/mol. The fourth-order valence-corrected chi connectivity index (χ4v) is 9.50. The van der Waals surface area contributed by atoms with E-state index in [9.17, 15) is 0 Å². The molecule has 6 heterocycles. The minimum absolute atomic E-state index is 0.689. The molecular weight excluding hydrogens is 946 g/mol. The van der Waals surface area contributed by atoms with Gasteiger partial charge in [0.15, 0.2) is 0 Å². The van der Waals surface area contributed by atoms with Crippen LogP contribution in [0.25, 0.3) is 0 Å². The smallest absolute Gasteiger partial charge is 0.104 e. The van der Waals surface area contributed by atoms with E-state index in [1.165, 1.54) is 81.2 Å². The van der Waals surface area contributed by atoms with Crippen molar-refractivity contribution in [3.63, 3.8) is 0 Å². The van der Waals surface area contributed by atoms with Crippen molar-refractivity contribution < 1.29 is 4.42 Å². The Morgan fingerprint density at radius 3 is 0.783 bits per heavy atom. The van der Waals surface area contributed by atoms with Gasteiger partial charge in [-0.05, 0) is 149 Å². The van der Waals surface area contributed by atoms with Crippen molar-refractivity contribution >= 4 is 37.2 Å². The van der Waals surface area contributed by atoms with Crippen LogP contribution in [0.5, 0.6) is 0 Å². The van der Waals surface area contributed by atoms with Crippen molar-refractivity contribution in [3.05, 3.63) is 169 Å². The van der Waals surface area contributed by atoms with E-state index in [-0.39, 0.29) is 0 Å². The third-order valence-corrected chi connectivity index (χ3v) is 15.6. The van der Waals surface area contributed by atoms with Crippen LogP contribution in [-0.2, 0) is 7.05 Å². The maximum atomic E-state index is 5.34. The molecule has 0 fully saturated rings. The number of nitrogens with zero attached hydrogens (tertiary/aromatic N) is 3. The zero-order chi connectivity index (χ0) is 55.6. The summed E-state index contributed by atoms with van der Waals surface area (Å²) in [6.45, 7) is 64.7. The van der Waals surface area contributed by atoms with Gasteiger partial charge in [-0.2, -0.15) is 0 Å². The van der Waals surface area contributed by atoms with Gasteiger partial charge in [0.1, 0.15) is 11.5 Å². The first-order valence-electron chi connectivity index (χ1n) is 25.6. The van der Waals surface area contributed by atoms with Gasteiger partial charge in [-0.25, -0.2) is 4.98 Å². The Labute approximate surface area is 443 Å². The number of thiophene rings is 1. The maximum Gasteiger partial charge on any atom is 0.104 e. The molecule has 0 spiro atoms. The molecule has 0 radical (unpaired) electrons. The van der Waals surface area contributed by atoms with E-state index < -0.39 is 0 Å². The molecule has 7 rings (SSSR count). The SMILES string of the molecule is CC.CC.CC.CC.CC.CC.Cc1[se]c(C)c(C)c1C.Cc1c(C)c(C)n(C)c1C.Cc1nc(C)c(C)s1.Cc1oc(C)c(C)c1C.Cc1sc(C)c(C)c1C.c1ccccc1.c1ccncc1. The van der Waals surface area contributed by atoms with Gasteiger partial charge in [-0.15, -0.1) is 22.7 Å². The summed E-state index contributed by atoms with van der Waals surface area (Å²) in [6.07, 6.45) is 3.50. The Hall–Kier alpha value is -3.74. The number of benzene rings is 1. The molecule has 0 aliphatic heterocycles. The van der Waals surface area contributed by atoms with Gasteiger partial charge in [0, 0.05) is 45.5 Å². The number of thiazole rings is 1. The second kappa shape index (κ2) is 47.9. The molecule has 1 aromatic carbocycles. The normalized spacial score (nSPS) is 8.58. The standard InChI is InChI=1S/C9H15N.C8H12O.C8H12S.C8H12Se.C6H9NS.C6H6.C5H5N.6C2H6/c1-6-7(2)9(4)10(5)8(6)3;3*1-5-6(2)8(4)9-7(5)3;1-4-5(2)8-6(3)7-4;2*1-2-4-6-5-3-1;6*1-2/h1-5H3;3*1-4H3;1-3H3;1-6H;1-5H;6*1-2H3. The van der Waals surface area contributed by atoms with E-state index in [0.29, 0.717) is 14.5 Å². The average Bonchev–Trinajstić information content (AvgIpc) is 4.03.